The normalized spacial score (nSPS) is 10.8. The van der Waals surface area contributed by atoms with Crippen molar-refractivity contribution in [1.82, 2.24) is 0 Å². The highest BCUT2D eigenvalue weighted by Gasteiger charge is 2.26. The first-order chi connectivity index (χ1) is 36.7. The summed E-state index contributed by atoms with van der Waals surface area (Å²) in [6.07, 6.45) is 0. The van der Waals surface area contributed by atoms with Crippen LogP contribution >= 0.6 is 0 Å². The van der Waals surface area contributed by atoms with E-state index in [1.807, 2.05) is 0 Å². The molecular formula is C53H46O24. The van der Waals surface area contributed by atoms with Crippen molar-refractivity contribution in [1.29, 1.82) is 0 Å². The highest BCUT2D eigenvalue weighted by molar-refractivity contribution is 5.91. The standard InChI is InChI=1S/C20H20O8.C17H14O8.C16H12O8/c1-23-11-8-12(21)16-13(9-11)28-18(20(27-5)17(16)22)10-6-14(24-2)19(26-4)15(7-10)25-3;1-23-11-3-7(4-12(24-2)14(11)20)17-16(22)15(21)13-9(19)5-8(18)6-10(13)25-17;1-23-11-3-6(2-9(19)13(11)20)16-15(22)14(21)12-8(18)4-7(17)5-10(12)24-16/h6-9,21H,1-5H3;3-6,18-20,22H,1-2H3;2-5,17-20,22H,1H3. The first-order valence-electron chi connectivity index (χ1n) is 21.9. The molecule has 3 aromatic heterocycles. The summed E-state index contributed by atoms with van der Waals surface area (Å²) in [6.45, 7) is 0. The quantitative estimate of drug-likeness (QED) is 0.0560. The average molecular weight is 1070 g/mol. The van der Waals surface area contributed by atoms with Crippen LogP contribution in [0.15, 0.2) is 100 Å². The van der Waals surface area contributed by atoms with Crippen LogP contribution in [0, 0.1) is 0 Å². The molecule has 9 rings (SSSR count). The number of hydrogen-bond acceptors (Lipinski definition) is 24. The van der Waals surface area contributed by atoms with Crippen molar-refractivity contribution in [2.45, 2.75) is 0 Å². The van der Waals surface area contributed by atoms with Gasteiger partial charge in [0.15, 0.2) is 51.8 Å². The van der Waals surface area contributed by atoms with E-state index < -0.39 is 50.8 Å². The predicted molar refractivity (Wildman–Crippen MR) is 273 cm³/mol. The number of aromatic hydroxyl groups is 10. The Labute approximate surface area is 431 Å². The van der Waals surface area contributed by atoms with E-state index in [9.17, 15) is 65.4 Å². The maximum absolute atomic E-state index is 12.9. The van der Waals surface area contributed by atoms with Crippen LogP contribution in [-0.2, 0) is 0 Å². The van der Waals surface area contributed by atoms with Crippen molar-refractivity contribution in [3.05, 3.63) is 103 Å². The van der Waals surface area contributed by atoms with E-state index in [0.29, 0.717) is 28.6 Å². The van der Waals surface area contributed by atoms with Gasteiger partial charge in [0.2, 0.25) is 50.8 Å². The molecule has 6 aromatic carbocycles. The fourth-order valence-electron chi connectivity index (χ4n) is 7.81. The molecule has 0 unspecified atom stereocenters. The number of methoxy groups -OCH3 is 8. The molecule has 0 spiro atoms. The number of hydrogen-bond donors (Lipinski definition) is 10. The summed E-state index contributed by atoms with van der Waals surface area (Å²) in [7, 11) is 11.2. The molecule has 0 saturated carbocycles. The van der Waals surface area contributed by atoms with Crippen molar-refractivity contribution in [3.63, 3.8) is 0 Å². The lowest BCUT2D eigenvalue weighted by Gasteiger charge is -2.15. The molecule has 9 aromatic rings. The summed E-state index contributed by atoms with van der Waals surface area (Å²) in [4.78, 5) is 37.6. The highest BCUT2D eigenvalue weighted by atomic mass is 16.5. The Hall–Kier alpha value is -10.7. The second-order valence-corrected chi connectivity index (χ2v) is 15.9. The van der Waals surface area contributed by atoms with Gasteiger partial charge in [0, 0.05) is 53.1 Å². The highest BCUT2D eigenvalue weighted by Crippen LogP contribution is 2.46. The molecule has 0 saturated heterocycles. The fourth-order valence-corrected chi connectivity index (χ4v) is 7.81. The van der Waals surface area contributed by atoms with E-state index >= 15 is 0 Å². The molecule has 24 nitrogen and oxygen atoms in total. The summed E-state index contributed by atoms with van der Waals surface area (Å²) in [5, 5.41) is 98.0. The van der Waals surface area contributed by atoms with Crippen LogP contribution in [0.1, 0.15) is 0 Å². The van der Waals surface area contributed by atoms with Gasteiger partial charge in [0.1, 0.15) is 67.4 Å². The van der Waals surface area contributed by atoms with Gasteiger partial charge in [-0.1, -0.05) is 0 Å². The molecule has 0 bridgehead atoms. The minimum atomic E-state index is -0.921. The van der Waals surface area contributed by atoms with E-state index in [1.165, 1.54) is 87.2 Å². The summed E-state index contributed by atoms with van der Waals surface area (Å²) in [5.41, 5.74) is -1.77. The fraction of sp³-hybridized carbons (Fsp3) is 0.151. The first kappa shape index (κ1) is 54.1. The number of phenolic OH excluding ortho intramolecular Hbond substituents is 8. The molecule has 0 aliphatic carbocycles. The third-order valence-corrected chi connectivity index (χ3v) is 11.4. The minimum Gasteiger partial charge on any atom is -0.508 e. The van der Waals surface area contributed by atoms with Gasteiger partial charge in [-0.2, -0.15) is 0 Å². The van der Waals surface area contributed by atoms with Gasteiger partial charge in [-0.25, -0.2) is 0 Å². The van der Waals surface area contributed by atoms with E-state index in [2.05, 4.69) is 0 Å². The smallest absolute Gasteiger partial charge is 0.239 e. The Morgan fingerprint density at radius 1 is 0.312 bits per heavy atom. The van der Waals surface area contributed by atoms with Crippen molar-refractivity contribution < 1.29 is 102 Å². The van der Waals surface area contributed by atoms with Gasteiger partial charge in [-0.3, -0.25) is 14.4 Å². The van der Waals surface area contributed by atoms with Gasteiger partial charge in [-0.05, 0) is 36.4 Å². The summed E-state index contributed by atoms with van der Waals surface area (Å²) in [5.74, 6) is -3.88. The van der Waals surface area contributed by atoms with E-state index in [4.69, 9.17) is 51.1 Å². The van der Waals surface area contributed by atoms with E-state index in [0.717, 1.165) is 30.3 Å². The molecular weight excluding hydrogens is 1020 g/mol. The van der Waals surface area contributed by atoms with Crippen LogP contribution in [0.25, 0.3) is 66.9 Å². The summed E-state index contributed by atoms with van der Waals surface area (Å²) < 4.78 is 58.3. The molecule has 0 radical (unpaired) electrons. The molecule has 0 aliphatic heterocycles. The largest absolute Gasteiger partial charge is 0.508 e. The number of phenols is 8. The lowest BCUT2D eigenvalue weighted by molar-refractivity contribution is 0.324. The molecule has 3 heterocycles. The van der Waals surface area contributed by atoms with Gasteiger partial charge in [0.25, 0.3) is 0 Å². The summed E-state index contributed by atoms with van der Waals surface area (Å²) in [6, 6.07) is 15.2. The topological polar surface area (TPSA) is 367 Å². The zero-order valence-corrected chi connectivity index (χ0v) is 41.6. The van der Waals surface area contributed by atoms with Crippen molar-refractivity contribution in [2.75, 3.05) is 56.9 Å². The second kappa shape index (κ2) is 21.8. The lowest BCUT2D eigenvalue weighted by atomic mass is 10.1. The van der Waals surface area contributed by atoms with Gasteiger partial charge in [0.05, 0.1) is 56.9 Å². The van der Waals surface area contributed by atoms with Crippen LogP contribution in [0.5, 0.6) is 103 Å². The van der Waals surface area contributed by atoms with E-state index in [-0.39, 0.29) is 107 Å². The zero-order chi connectivity index (χ0) is 56.3. The maximum Gasteiger partial charge on any atom is 0.239 e. The van der Waals surface area contributed by atoms with Crippen LogP contribution in [-0.4, -0.2) is 108 Å². The Morgan fingerprint density at radius 3 is 1.10 bits per heavy atom. The Balaban J connectivity index is 0.000000168. The van der Waals surface area contributed by atoms with Crippen LogP contribution in [0.4, 0.5) is 0 Å². The van der Waals surface area contributed by atoms with Crippen molar-refractivity contribution in [3.8, 4) is 137 Å². The van der Waals surface area contributed by atoms with Crippen molar-refractivity contribution in [2.24, 2.45) is 0 Å². The molecule has 77 heavy (non-hydrogen) atoms. The molecule has 0 fully saturated rings. The zero-order valence-electron chi connectivity index (χ0n) is 41.6. The second-order valence-electron chi connectivity index (χ2n) is 15.9. The molecule has 0 atom stereocenters. The lowest BCUT2D eigenvalue weighted by Crippen LogP contribution is -2.08. The van der Waals surface area contributed by atoms with Gasteiger partial charge < -0.3 is 102 Å². The molecule has 10 N–H and O–H groups in total. The number of fused-ring (bicyclic) bond motifs is 3. The Bertz CT molecular complexity index is 3900. The Morgan fingerprint density at radius 2 is 0.675 bits per heavy atom. The monoisotopic (exact) mass is 1070 g/mol. The number of ether oxygens (including phenoxy) is 8. The van der Waals surface area contributed by atoms with Crippen molar-refractivity contribution >= 4 is 32.9 Å². The Kier molecular flexibility index (Phi) is 15.3. The minimum absolute atomic E-state index is 0.00570. The van der Waals surface area contributed by atoms with Crippen LogP contribution in [0.3, 0.4) is 0 Å². The average Bonchev–Trinajstić information content (AvgIpc) is 3.42. The molecule has 24 heteroatoms. The van der Waals surface area contributed by atoms with E-state index in [1.54, 1.807) is 12.1 Å². The first-order valence-corrected chi connectivity index (χ1v) is 21.9. The molecule has 402 valence electrons. The third-order valence-electron chi connectivity index (χ3n) is 11.4. The van der Waals surface area contributed by atoms with Gasteiger partial charge >= 0.3 is 0 Å². The number of rotatable bonds is 11. The third kappa shape index (κ3) is 10.1. The maximum atomic E-state index is 12.9. The summed E-state index contributed by atoms with van der Waals surface area (Å²) >= 11 is 0. The molecule has 0 aliphatic rings. The predicted octanol–water partition coefficient (Wildman–Crippen LogP) is 7.50. The van der Waals surface area contributed by atoms with Crippen LogP contribution < -0.4 is 54.2 Å². The SMILES string of the molecule is COc1cc(-c2oc3cc(O)cc(O)c3c(=O)c2O)cc(O)c1O.COc1cc(-c2oc3cc(O)cc(O)c3c(=O)c2O)cc(OC)c1O.COc1cc(O)c2c(=O)c(OC)c(-c3cc(OC)c(OC)c(OC)c3)oc2c1. The number of benzene rings is 6. The van der Waals surface area contributed by atoms with Gasteiger partial charge in [-0.15, -0.1) is 0 Å². The molecule has 0 amide bonds. The van der Waals surface area contributed by atoms with Crippen LogP contribution in [0.2, 0.25) is 0 Å².